The van der Waals surface area contributed by atoms with Crippen molar-refractivity contribution in [2.45, 2.75) is 32.0 Å². The van der Waals surface area contributed by atoms with Gasteiger partial charge in [0.2, 0.25) is 0 Å². The largest absolute Gasteiger partial charge is 0.469 e. The summed E-state index contributed by atoms with van der Waals surface area (Å²) in [5.41, 5.74) is 1.12. The molecule has 0 aliphatic heterocycles. The number of hydrogen-bond acceptors (Lipinski definition) is 6. The van der Waals surface area contributed by atoms with Crippen molar-refractivity contribution in [3.05, 3.63) is 35.4 Å². The van der Waals surface area contributed by atoms with E-state index in [0.717, 1.165) is 11.8 Å². The van der Waals surface area contributed by atoms with Gasteiger partial charge in [-0.2, -0.15) is 0 Å². The van der Waals surface area contributed by atoms with E-state index in [0.29, 0.717) is 16.9 Å². The topological polar surface area (TPSA) is 83.8 Å². The first-order valence-corrected chi connectivity index (χ1v) is 7.58. The lowest BCUT2D eigenvalue weighted by Gasteiger charge is -2.20. The van der Waals surface area contributed by atoms with Gasteiger partial charge in [0.05, 0.1) is 19.6 Å². The lowest BCUT2D eigenvalue weighted by atomic mass is 9.96. The second-order valence-corrected chi connectivity index (χ2v) is 5.86. The number of carbonyl (C=O) groups is 2. The second-order valence-electron chi connectivity index (χ2n) is 4.59. The minimum Gasteiger partial charge on any atom is -0.469 e. The number of aliphatic hydroxyl groups is 2. The molecule has 0 aromatic heterocycles. The highest BCUT2D eigenvalue weighted by atomic mass is 32.2. The van der Waals surface area contributed by atoms with Crippen LogP contribution in [0, 0.1) is 0 Å². The number of hydrogen-bond donors (Lipinski definition) is 2. The van der Waals surface area contributed by atoms with Crippen LogP contribution < -0.4 is 0 Å². The molecule has 2 atom stereocenters. The third kappa shape index (κ3) is 5.87. The second kappa shape index (κ2) is 8.81. The van der Waals surface area contributed by atoms with Gasteiger partial charge in [-0.15, -0.1) is 0 Å². The summed E-state index contributed by atoms with van der Waals surface area (Å²) in [6.45, 7) is 1.46. The molecule has 0 aliphatic carbocycles. The summed E-state index contributed by atoms with van der Waals surface area (Å²) >= 11 is 1.11. The molecule has 2 N–H and O–H groups in total. The zero-order valence-electron chi connectivity index (χ0n) is 12.1. The van der Waals surface area contributed by atoms with E-state index in [1.807, 2.05) is 0 Å². The Labute approximate surface area is 128 Å². The number of rotatable bonds is 7. The van der Waals surface area contributed by atoms with Crippen LogP contribution in [-0.4, -0.2) is 40.3 Å². The number of benzene rings is 1. The Bertz CT molecular complexity index is 489. The van der Waals surface area contributed by atoms with Gasteiger partial charge in [0.1, 0.15) is 6.10 Å². The van der Waals surface area contributed by atoms with Gasteiger partial charge < -0.3 is 14.9 Å². The number of esters is 1. The number of ether oxygens (including phenoxy) is 1. The highest BCUT2D eigenvalue weighted by Gasteiger charge is 2.21. The molecule has 0 fully saturated rings. The monoisotopic (exact) mass is 312 g/mol. The minimum absolute atomic E-state index is 0.0252. The van der Waals surface area contributed by atoms with Crippen molar-refractivity contribution in [2.75, 3.05) is 12.9 Å². The molecule has 2 unspecified atom stereocenters. The predicted molar refractivity (Wildman–Crippen MR) is 80.9 cm³/mol. The van der Waals surface area contributed by atoms with Crippen LogP contribution in [0.3, 0.4) is 0 Å². The average molecular weight is 312 g/mol. The van der Waals surface area contributed by atoms with Crippen molar-refractivity contribution in [1.29, 1.82) is 0 Å². The molecule has 1 aromatic carbocycles. The Morgan fingerprint density at radius 3 is 2.57 bits per heavy atom. The van der Waals surface area contributed by atoms with Crippen LogP contribution in [0.15, 0.2) is 24.3 Å². The maximum atomic E-state index is 11.4. The van der Waals surface area contributed by atoms with Gasteiger partial charge in [-0.3, -0.25) is 9.59 Å². The van der Waals surface area contributed by atoms with Crippen molar-refractivity contribution in [1.82, 2.24) is 0 Å². The van der Waals surface area contributed by atoms with Crippen molar-refractivity contribution < 1.29 is 24.5 Å². The molecule has 1 aromatic rings. The Balaban J connectivity index is 2.74. The van der Waals surface area contributed by atoms with Gasteiger partial charge in [0.15, 0.2) is 5.12 Å². The van der Waals surface area contributed by atoms with Gasteiger partial charge in [-0.05, 0) is 17.5 Å². The van der Waals surface area contributed by atoms with Gasteiger partial charge in [0.25, 0.3) is 0 Å². The highest BCUT2D eigenvalue weighted by molar-refractivity contribution is 8.13. The van der Waals surface area contributed by atoms with Crippen molar-refractivity contribution in [3.8, 4) is 0 Å². The van der Waals surface area contributed by atoms with Gasteiger partial charge >= 0.3 is 5.97 Å². The smallest absolute Gasteiger partial charge is 0.309 e. The normalized spacial score (nSPS) is 13.5. The number of thioether (sulfide) groups is 1. The van der Waals surface area contributed by atoms with Crippen molar-refractivity contribution >= 4 is 22.8 Å². The van der Waals surface area contributed by atoms with Crippen LogP contribution in [0.5, 0.6) is 0 Å². The molecule has 0 amide bonds. The van der Waals surface area contributed by atoms with Gasteiger partial charge in [-0.25, -0.2) is 0 Å². The van der Waals surface area contributed by atoms with E-state index in [-0.39, 0.29) is 18.0 Å². The lowest BCUT2D eigenvalue weighted by Crippen LogP contribution is -2.21. The van der Waals surface area contributed by atoms with E-state index in [4.69, 9.17) is 0 Å². The minimum atomic E-state index is -1.10. The molecule has 0 heterocycles. The maximum Gasteiger partial charge on any atom is 0.309 e. The Morgan fingerprint density at radius 2 is 1.95 bits per heavy atom. The first-order valence-electron chi connectivity index (χ1n) is 6.59. The fraction of sp³-hybridized carbons (Fsp3) is 0.467. The summed E-state index contributed by atoms with van der Waals surface area (Å²) in [7, 11) is 1.30. The van der Waals surface area contributed by atoms with Crippen molar-refractivity contribution in [2.24, 2.45) is 0 Å². The Kier molecular flexibility index (Phi) is 7.42. The molecule has 0 spiro atoms. The summed E-state index contributed by atoms with van der Waals surface area (Å²) in [4.78, 5) is 22.2. The van der Waals surface area contributed by atoms with E-state index >= 15 is 0 Å². The lowest BCUT2D eigenvalue weighted by molar-refractivity contribution is -0.139. The summed E-state index contributed by atoms with van der Waals surface area (Å²) in [6.07, 6.45) is -1.76. The molecule has 0 aliphatic rings. The molecule has 5 nitrogen and oxygen atoms in total. The molecule has 0 bridgehead atoms. The fourth-order valence-electron chi connectivity index (χ4n) is 1.90. The van der Waals surface area contributed by atoms with E-state index in [1.54, 1.807) is 24.3 Å². The maximum absolute atomic E-state index is 11.4. The van der Waals surface area contributed by atoms with Gasteiger partial charge in [0, 0.05) is 12.7 Å². The summed E-state index contributed by atoms with van der Waals surface area (Å²) < 4.78 is 4.62. The Morgan fingerprint density at radius 1 is 1.29 bits per heavy atom. The summed E-state index contributed by atoms with van der Waals surface area (Å²) in [5, 5.41) is 20.2. The zero-order valence-corrected chi connectivity index (χ0v) is 12.9. The van der Waals surface area contributed by atoms with Crippen LogP contribution in [0.2, 0.25) is 0 Å². The van der Waals surface area contributed by atoms with E-state index in [2.05, 4.69) is 4.74 Å². The van der Waals surface area contributed by atoms with Crippen LogP contribution in [0.25, 0.3) is 0 Å². The van der Waals surface area contributed by atoms with Crippen LogP contribution in [0.1, 0.15) is 30.6 Å². The molecule has 0 radical (unpaired) electrons. The first kappa shape index (κ1) is 17.7. The van der Waals surface area contributed by atoms with E-state index in [1.165, 1.54) is 14.0 Å². The molecule has 116 valence electrons. The molecule has 6 heteroatoms. The third-order valence-corrected chi connectivity index (χ3v) is 3.87. The molecular weight excluding hydrogens is 292 g/mol. The first-order chi connectivity index (χ1) is 9.95. The third-order valence-electron chi connectivity index (χ3n) is 3.02. The summed E-state index contributed by atoms with van der Waals surface area (Å²) in [5.74, 6) is 0.0310. The Hall–Kier alpha value is -1.37. The van der Waals surface area contributed by atoms with Crippen LogP contribution in [-0.2, 0) is 20.7 Å². The van der Waals surface area contributed by atoms with E-state index in [9.17, 15) is 19.8 Å². The van der Waals surface area contributed by atoms with Crippen LogP contribution >= 0.6 is 11.8 Å². The molecule has 21 heavy (non-hydrogen) atoms. The fourth-order valence-corrected chi connectivity index (χ4v) is 2.55. The molecule has 1 rings (SSSR count). The summed E-state index contributed by atoms with van der Waals surface area (Å²) in [6, 6.07) is 6.87. The molecular formula is C15H20O5S. The predicted octanol–water partition coefficient (Wildman–Crippen LogP) is 1.47. The number of aliphatic hydroxyl groups excluding tert-OH is 2. The number of carbonyl (C=O) groups excluding carboxylic acids is 2. The average Bonchev–Trinajstić information content (AvgIpc) is 2.46. The quantitative estimate of drug-likeness (QED) is 0.742. The SMILES string of the molecule is COC(=O)Cc1ccccc1C(O)C(O)CCSC(C)=O. The van der Waals surface area contributed by atoms with E-state index < -0.39 is 18.2 Å². The zero-order chi connectivity index (χ0) is 15.8. The molecule has 0 saturated carbocycles. The van der Waals surface area contributed by atoms with Crippen LogP contribution in [0.4, 0.5) is 0 Å². The molecule has 0 saturated heterocycles. The number of methoxy groups -OCH3 is 1. The highest BCUT2D eigenvalue weighted by Crippen LogP contribution is 2.24. The van der Waals surface area contributed by atoms with Gasteiger partial charge in [-0.1, -0.05) is 36.0 Å². The van der Waals surface area contributed by atoms with Crippen molar-refractivity contribution in [3.63, 3.8) is 0 Å². The standard InChI is InChI=1S/C15H20O5S/c1-10(16)21-8-7-13(17)15(19)12-6-4-3-5-11(12)9-14(18)20-2/h3-6,13,15,17,19H,7-9H2,1-2H3.